The lowest BCUT2D eigenvalue weighted by Crippen LogP contribution is -2.46. The summed E-state index contributed by atoms with van der Waals surface area (Å²) in [5.41, 5.74) is 0.327. The molecule has 2 saturated carbocycles. The summed E-state index contributed by atoms with van der Waals surface area (Å²) in [6, 6.07) is 2.28. The number of carboxylic acid groups (broad SMARTS) is 1. The highest BCUT2D eigenvalue weighted by atomic mass is 35.5. The van der Waals surface area contributed by atoms with Gasteiger partial charge in [0.1, 0.15) is 15.0 Å². The van der Waals surface area contributed by atoms with Crippen LogP contribution in [-0.4, -0.2) is 60.4 Å². The molecule has 182 valence electrons. The summed E-state index contributed by atoms with van der Waals surface area (Å²) in [6.07, 6.45) is 2.97. The molecule has 3 N–H and O–H groups in total. The monoisotopic (exact) mass is 558 g/mol. The van der Waals surface area contributed by atoms with Crippen molar-refractivity contribution in [2.45, 2.75) is 34.2 Å². The number of benzene rings is 1. The lowest BCUT2D eigenvalue weighted by atomic mass is 9.89. The first-order valence-corrected chi connectivity index (χ1v) is 13.2. The van der Waals surface area contributed by atoms with E-state index < -0.39 is 25.1 Å². The number of hydrogen-bond acceptors (Lipinski definition) is 7. The minimum Gasteiger partial charge on any atom is -0.483 e. The van der Waals surface area contributed by atoms with Crippen molar-refractivity contribution in [3.63, 3.8) is 0 Å². The molecule has 1 aromatic carbocycles. The number of carbonyl (C=O) groups is 1. The molecular weight excluding hydrogens is 538 g/mol. The van der Waals surface area contributed by atoms with Gasteiger partial charge in [0.2, 0.25) is 0 Å². The number of fused-ring (bicyclic) bond motifs is 1. The van der Waals surface area contributed by atoms with Crippen LogP contribution in [-0.2, 0) is 14.8 Å². The van der Waals surface area contributed by atoms with Gasteiger partial charge in [0, 0.05) is 23.7 Å². The average molecular weight is 560 g/mol. The average Bonchev–Trinajstić information content (AvgIpc) is 3.04. The molecule has 2 aliphatic rings. The molecule has 8 nitrogen and oxygen atoms in total. The number of halogens is 4. The Morgan fingerprint density at radius 1 is 1.30 bits per heavy atom. The molecule has 4 rings (SSSR count). The summed E-state index contributed by atoms with van der Waals surface area (Å²) in [5, 5.41) is 12.0. The summed E-state index contributed by atoms with van der Waals surface area (Å²) < 4.78 is 41.4. The Morgan fingerprint density at radius 2 is 1.94 bits per heavy atom. The third-order valence-electron chi connectivity index (χ3n) is 5.80. The molecule has 14 heteroatoms. The standard InChI is InChI=1S/C18H20Cl3FN4O2S2.CH2O2/c1-26(2)15-6-10-9(18(10,20)21)5-14(15)24-13-8-12(22)16(7-11(13)19)30(27,28)25-17-23-3-4-29-17;2-1-3/h3-4,7-10,14-15,24H,5-6H2,1-2H3,(H,23,25);1H,(H,2,3)/t9-,10+,14+,15+;/m1./s1. The summed E-state index contributed by atoms with van der Waals surface area (Å²) in [6.45, 7) is -0.250. The lowest BCUT2D eigenvalue weighted by Gasteiger charge is -2.36. The SMILES string of the molecule is CN(C)[C@H]1C[C@H]2[C@@H](C[C@@H]1Nc1cc(F)c(S(=O)(=O)Nc3nccs3)cc1Cl)C2(Cl)Cl.O=CO. The van der Waals surface area contributed by atoms with Crippen LogP contribution in [0.1, 0.15) is 12.8 Å². The minimum absolute atomic E-state index is 0.0616. The van der Waals surface area contributed by atoms with Gasteiger partial charge in [-0.05, 0) is 50.9 Å². The van der Waals surface area contributed by atoms with Crippen LogP contribution in [0.5, 0.6) is 0 Å². The van der Waals surface area contributed by atoms with E-state index in [0.29, 0.717) is 12.1 Å². The van der Waals surface area contributed by atoms with Crippen LogP contribution in [0, 0.1) is 17.7 Å². The van der Waals surface area contributed by atoms with Gasteiger partial charge in [0.15, 0.2) is 5.13 Å². The molecule has 0 saturated heterocycles. The minimum atomic E-state index is -4.16. The van der Waals surface area contributed by atoms with Crippen molar-refractivity contribution < 1.29 is 22.7 Å². The molecule has 0 amide bonds. The van der Waals surface area contributed by atoms with Gasteiger partial charge in [-0.25, -0.2) is 17.8 Å². The highest BCUT2D eigenvalue weighted by Crippen LogP contribution is 2.65. The van der Waals surface area contributed by atoms with Crippen LogP contribution in [0.3, 0.4) is 0 Å². The van der Waals surface area contributed by atoms with Gasteiger partial charge in [-0.3, -0.25) is 9.52 Å². The number of sulfonamides is 1. The van der Waals surface area contributed by atoms with Crippen LogP contribution >= 0.6 is 46.1 Å². The largest absolute Gasteiger partial charge is 0.483 e. The number of alkyl halides is 2. The predicted octanol–water partition coefficient (Wildman–Crippen LogP) is 4.36. The Balaban J connectivity index is 0.000000968. The van der Waals surface area contributed by atoms with E-state index in [9.17, 15) is 12.8 Å². The van der Waals surface area contributed by atoms with Gasteiger partial charge in [-0.2, -0.15) is 0 Å². The van der Waals surface area contributed by atoms with E-state index in [0.717, 1.165) is 29.9 Å². The fourth-order valence-corrected chi connectivity index (χ4v) is 7.17. The molecule has 2 aromatic rings. The van der Waals surface area contributed by atoms with Crippen molar-refractivity contribution >= 4 is 73.5 Å². The lowest BCUT2D eigenvalue weighted by molar-refractivity contribution is -0.122. The fourth-order valence-electron chi connectivity index (χ4n) is 4.17. The van der Waals surface area contributed by atoms with E-state index in [4.69, 9.17) is 44.7 Å². The number of likely N-dealkylation sites (N-methyl/N-ethyl adjacent to an activating group) is 1. The summed E-state index contributed by atoms with van der Waals surface area (Å²) in [5.74, 6) is -0.500. The first kappa shape index (κ1) is 26.2. The van der Waals surface area contributed by atoms with Crippen LogP contribution in [0.15, 0.2) is 28.6 Å². The zero-order valence-electron chi connectivity index (χ0n) is 17.5. The molecule has 0 aliphatic heterocycles. The zero-order chi connectivity index (χ0) is 24.6. The molecule has 0 bridgehead atoms. The molecule has 4 atom stereocenters. The Labute approximate surface area is 210 Å². The maximum atomic E-state index is 14.8. The van der Waals surface area contributed by atoms with E-state index >= 15 is 0 Å². The number of rotatable bonds is 6. The van der Waals surface area contributed by atoms with Gasteiger partial charge in [0.05, 0.1) is 10.7 Å². The second-order valence-corrected chi connectivity index (χ2v) is 12.3. The van der Waals surface area contributed by atoms with Crippen molar-refractivity contribution in [1.82, 2.24) is 9.88 Å². The number of thiazole rings is 1. The predicted molar refractivity (Wildman–Crippen MR) is 129 cm³/mol. The van der Waals surface area contributed by atoms with Gasteiger partial charge in [-0.15, -0.1) is 34.5 Å². The van der Waals surface area contributed by atoms with Crippen molar-refractivity contribution in [1.29, 1.82) is 0 Å². The smallest absolute Gasteiger partial charge is 0.290 e. The Hall–Kier alpha value is -1.37. The highest BCUT2D eigenvalue weighted by Gasteiger charge is 2.66. The van der Waals surface area contributed by atoms with Crippen molar-refractivity contribution in [2.75, 3.05) is 24.1 Å². The molecule has 2 aliphatic carbocycles. The highest BCUT2D eigenvalue weighted by molar-refractivity contribution is 7.93. The third-order valence-corrected chi connectivity index (χ3v) is 9.41. The third kappa shape index (κ3) is 5.66. The second kappa shape index (κ2) is 10.1. The number of nitrogens with zero attached hydrogens (tertiary/aromatic N) is 2. The van der Waals surface area contributed by atoms with Crippen LogP contribution in [0.25, 0.3) is 0 Å². The van der Waals surface area contributed by atoms with Gasteiger partial charge in [0.25, 0.3) is 16.5 Å². The topological polar surface area (TPSA) is 112 Å². The first-order valence-electron chi connectivity index (χ1n) is 9.72. The van der Waals surface area contributed by atoms with Gasteiger partial charge >= 0.3 is 0 Å². The van der Waals surface area contributed by atoms with Crippen molar-refractivity contribution in [2.24, 2.45) is 11.8 Å². The maximum absolute atomic E-state index is 14.8. The molecule has 0 unspecified atom stereocenters. The van der Waals surface area contributed by atoms with Crippen LogP contribution in [0.4, 0.5) is 15.2 Å². The molecule has 1 heterocycles. The zero-order valence-corrected chi connectivity index (χ0v) is 21.4. The number of anilines is 2. The van der Waals surface area contributed by atoms with E-state index in [-0.39, 0.29) is 40.5 Å². The molecule has 33 heavy (non-hydrogen) atoms. The Morgan fingerprint density at radius 3 is 2.52 bits per heavy atom. The second-order valence-electron chi connectivity index (χ2n) is 7.95. The van der Waals surface area contributed by atoms with Crippen molar-refractivity contribution in [3.8, 4) is 0 Å². The van der Waals surface area contributed by atoms with Crippen LogP contribution < -0.4 is 10.0 Å². The van der Waals surface area contributed by atoms with E-state index in [1.54, 1.807) is 5.38 Å². The maximum Gasteiger partial charge on any atom is 0.290 e. The van der Waals surface area contributed by atoms with E-state index in [1.165, 1.54) is 6.20 Å². The molecule has 2 fully saturated rings. The Bertz CT molecular complexity index is 1100. The van der Waals surface area contributed by atoms with Crippen LogP contribution in [0.2, 0.25) is 5.02 Å². The number of hydrogen-bond donors (Lipinski definition) is 3. The number of aromatic nitrogens is 1. The van der Waals surface area contributed by atoms with Crippen molar-refractivity contribution in [3.05, 3.63) is 34.5 Å². The molecule has 0 spiro atoms. The first-order chi connectivity index (χ1) is 15.4. The van der Waals surface area contributed by atoms with E-state index in [1.807, 2.05) is 14.1 Å². The Kier molecular flexibility index (Phi) is 8.02. The summed E-state index contributed by atoms with van der Waals surface area (Å²) in [4.78, 5) is 13.8. The molecular formula is C19H22Cl3FN4O4S2. The normalized spacial score (nSPS) is 25.4. The summed E-state index contributed by atoms with van der Waals surface area (Å²) in [7, 11) is -0.227. The fraction of sp³-hybridized carbons (Fsp3) is 0.474. The molecule has 0 radical (unpaired) electrons. The summed E-state index contributed by atoms with van der Waals surface area (Å²) >= 11 is 20.2. The van der Waals surface area contributed by atoms with E-state index in [2.05, 4.69) is 19.9 Å². The quantitative estimate of drug-likeness (QED) is 0.356. The molecule has 1 aromatic heterocycles. The van der Waals surface area contributed by atoms with Gasteiger partial charge in [-0.1, -0.05) is 11.6 Å². The number of nitrogens with one attached hydrogen (secondary N) is 2. The van der Waals surface area contributed by atoms with Gasteiger partial charge < -0.3 is 15.3 Å².